The topological polar surface area (TPSA) is 45.2 Å². The van der Waals surface area contributed by atoms with Gasteiger partial charge in [-0.25, -0.2) is 4.98 Å². The zero-order chi connectivity index (χ0) is 14.8. The third-order valence-electron chi connectivity index (χ3n) is 3.66. The van der Waals surface area contributed by atoms with E-state index in [0.29, 0.717) is 12.5 Å². The molecule has 128 valence electrons. The third kappa shape index (κ3) is 5.37. The van der Waals surface area contributed by atoms with Gasteiger partial charge >= 0.3 is 0 Å². The average Bonchev–Trinajstić information content (AvgIpc) is 2.97. The number of aromatic nitrogens is 1. The van der Waals surface area contributed by atoms with Crippen molar-refractivity contribution in [2.24, 2.45) is 0 Å². The molecule has 22 heavy (non-hydrogen) atoms. The molecule has 1 aromatic heterocycles. The van der Waals surface area contributed by atoms with Crippen molar-refractivity contribution in [1.29, 1.82) is 0 Å². The summed E-state index contributed by atoms with van der Waals surface area (Å²) in [6.45, 7) is 8.24. The number of rotatable bonds is 4. The van der Waals surface area contributed by atoms with E-state index in [1.165, 1.54) is 0 Å². The summed E-state index contributed by atoms with van der Waals surface area (Å²) in [5.74, 6) is 0.216. The van der Waals surface area contributed by atoms with Crippen molar-refractivity contribution in [1.82, 2.24) is 15.2 Å². The quantitative estimate of drug-likeness (QED) is 0.889. The fourth-order valence-electron chi connectivity index (χ4n) is 2.60. The van der Waals surface area contributed by atoms with Crippen molar-refractivity contribution in [3.05, 3.63) is 16.1 Å². The molecule has 1 aliphatic heterocycles. The summed E-state index contributed by atoms with van der Waals surface area (Å²) in [6, 6.07) is 0.355. The van der Waals surface area contributed by atoms with E-state index < -0.39 is 0 Å². The maximum Gasteiger partial charge on any atom is 0.228 e. The minimum Gasteiger partial charge on any atom is -0.338 e. The molecular formula is C15H27Cl2N3OS. The van der Waals surface area contributed by atoms with Gasteiger partial charge in [0, 0.05) is 29.9 Å². The summed E-state index contributed by atoms with van der Waals surface area (Å²) in [5.41, 5.74) is 0.980. The summed E-state index contributed by atoms with van der Waals surface area (Å²) in [6.07, 6.45) is 2.66. The number of nitrogens with zero attached hydrogens (tertiary/aromatic N) is 2. The van der Waals surface area contributed by atoms with Gasteiger partial charge in [-0.1, -0.05) is 20.8 Å². The average molecular weight is 368 g/mol. The van der Waals surface area contributed by atoms with E-state index in [-0.39, 0.29) is 36.1 Å². The van der Waals surface area contributed by atoms with Crippen molar-refractivity contribution in [3.8, 4) is 0 Å². The van der Waals surface area contributed by atoms with Crippen LogP contribution in [0.4, 0.5) is 0 Å². The second-order valence-corrected chi connectivity index (χ2v) is 7.37. The van der Waals surface area contributed by atoms with Crippen molar-refractivity contribution in [2.75, 3.05) is 20.1 Å². The number of likely N-dealkylation sites (tertiary alicyclic amines) is 1. The Hall–Kier alpha value is -0.360. The van der Waals surface area contributed by atoms with Crippen LogP contribution in [-0.2, 0) is 16.6 Å². The van der Waals surface area contributed by atoms with Gasteiger partial charge in [-0.15, -0.1) is 36.2 Å². The molecular weight excluding hydrogens is 341 g/mol. The van der Waals surface area contributed by atoms with Crippen LogP contribution in [0.3, 0.4) is 0 Å². The van der Waals surface area contributed by atoms with E-state index in [4.69, 9.17) is 0 Å². The van der Waals surface area contributed by atoms with E-state index in [9.17, 15) is 4.79 Å². The molecule has 4 nitrogen and oxygen atoms in total. The minimum absolute atomic E-state index is 0. The standard InChI is InChI=1S/C15H25N3OS.2ClH/c1-15(2,3)14-17-11(10-20-14)8-13(19)18-7-5-6-12(18)9-16-4;;/h10,12,16H,5-9H2,1-4H3;2*1H. The van der Waals surface area contributed by atoms with Crippen LogP contribution >= 0.6 is 36.2 Å². The van der Waals surface area contributed by atoms with E-state index >= 15 is 0 Å². The van der Waals surface area contributed by atoms with Gasteiger partial charge in [0.2, 0.25) is 5.91 Å². The Kier molecular flexibility index (Phi) is 8.91. The number of amides is 1. The first-order chi connectivity index (χ1) is 9.41. The van der Waals surface area contributed by atoms with Crippen LogP contribution < -0.4 is 5.32 Å². The molecule has 0 radical (unpaired) electrons. The number of halogens is 2. The van der Waals surface area contributed by atoms with E-state index in [1.807, 2.05) is 17.3 Å². The summed E-state index contributed by atoms with van der Waals surface area (Å²) in [4.78, 5) is 19.1. The number of thiazole rings is 1. The third-order valence-corrected chi connectivity index (χ3v) is 4.98. The van der Waals surface area contributed by atoms with Crippen molar-refractivity contribution >= 4 is 42.1 Å². The molecule has 7 heteroatoms. The molecule has 1 N–H and O–H groups in total. The zero-order valence-electron chi connectivity index (χ0n) is 13.7. The second kappa shape index (κ2) is 9.06. The Morgan fingerprint density at radius 1 is 1.45 bits per heavy atom. The van der Waals surface area contributed by atoms with Crippen LogP contribution in [0.1, 0.15) is 44.3 Å². The number of likely N-dealkylation sites (N-methyl/N-ethyl adjacent to an activating group) is 1. The first kappa shape index (κ1) is 21.6. The highest BCUT2D eigenvalue weighted by molar-refractivity contribution is 7.09. The van der Waals surface area contributed by atoms with Gasteiger partial charge in [0.25, 0.3) is 0 Å². The van der Waals surface area contributed by atoms with Gasteiger partial charge in [-0.3, -0.25) is 4.79 Å². The van der Waals surface area contributed by atoms with Crippen molar-refractivity contribution in [3.63, 3.8) is 0 Å². The van der Waals surface area contributed by atoms with Gasteiger partial charge in [-0.05, 0) is 19.9 Å². The Morgan fingerprint density at radius 3 is 2.68 bits per heavy atom. The van der Waals surface area contributed by atoms with Gasteiger partial charge in [0.05, 0.1) is 17.1 Å². The maximum atomic E-state index is 12.4. The second-order valence-electron chi connectivity index (χ2n) is 6.51. The Balaban J connectivity index is 0.00000220. The Labute approximate surface area is 149 Å². The Morgan fingerprint density at radius 2 is 2.14 bits per heavy atom. The molecule has 2 heterocycles. The fraction of sp³-hybridized carbons (Fsp3) is 0.733. The molecule has 1 aromatic rings. The van der Waals surface area contributed by atoms with E-state index in [0.717, 1.165) is 36.6 Å². The summed E-state index contributed by atoms with van der Waals surface area (Å²) in [5, 5.41) is 6.31. The Bertz CT molecular complexity index is 474. The number of nitrogens with one attached hydrogen (secondary N) is 1. The summed E-state index contributed by atoms with van der Waals surface area (Å²) >= 11 is 1.66. The fourth-order valence-corrected chi connectivity index (χ4v) is 3.51. The number of carbonyl (C=O) groups is 1. The van der Waals surface area contributed by atoms with Crippen molar-refractivity contribution in [2.45, 2.75) is 51.5 Å². The van der Waals surface area contributed by atoms with E-state index in [2.05, 4.69) is 31.1 Å². The molecule has 1 amide bonds. The zero-order valence-corrected chi connectivity index (χ0v) is 16.2. The van der Waals surface area contributed by atoms with Crippen LogP contribution in [0.2, 0.25) is 0 Å². The normalized spacial score (nSPS) is 17.8. The van der Waals surface area contributed by atoms with Crippen LogP contribution in [0, 0.1) is 0 Å². The molecule has 0 spiro atoms. The molecule has 1 unspecified atom stereocenters. The van der Waals surface area contributed by atoms with E-state index in [1.54, 1.807) is 11.3 Å². The maximum absolute atomic E-state index is 12.4. The monoisotopic (exact) mass is 367 g/mol. The molecule has 1 atom stereocenters. The predicted octanol–water partition coefficient (Wildman–Crippen LogP) is 3.04. The first-order valence-electron chi connectivity index (χ1n) is 7.31. The molecule has 0 aromatic carbocycles. The van der Waals surface area contributed by atoms with Gasteiger partial charge in [-0.2, -0.15) is 0 Å². The number of hydrogen-bond acceptors (Lipinski definition) is 4. The lowest BCUT2D eigenvalue weighted by atomic mass is 9.98. The molecule has 0 saturated carbocycles. The molecule has 2 rings (SSSR count). The summed E-state index contributed by atoms with van der Waals surface area (Å²) < 4.78 is 0. The smallest absolute Gasteiger partial charge is 0.228 e. The number of hydrogen-bond donors (Lipinski definition) is 1. The number of carbonyl (C=O) groups excluding carboxylic acids is 1. The lowest BCUT2D eigenvalue weighted by Crippen LogP contribution is -2.41. The largest absolute Gasteiger partial charge is 0.338 e. The van der Waals surface area contributed by atoms with Gasteiger partial charge < -0.3 is 10.2 Å². The van der Waals surface area contributed by atoms with Gasteiger partial charge in [0.15, 0.2) is 0 Å². The SMILES string of the molecule is CNCC1CCCN1C(=O)Cc1csc(C(C)(C)C)n1.Cl.Cl. The molecule has 0 bridgehead atoms. The lowest BCUT2D eigenvalue weighted by molar-refractivity contribution is -0.131. The van der Waals surface area contributed by atoms with Crippen LogP contribution in [0.25, 0.3) is 0 Å². The molecule has 1 saturated heterocycles. The summed E-state index contributed by atoms with van der Waals surface area (Å²) in [7, 11) is 1.94. The van der Waals surface area contributed by atoms with Crippen LogP contribution in [0.15, 0.2) is 5.38 Å². The first-order valence-corrected chi connectivity index (χ1v) is 8.18. The van der Waals surface area contributed by atoms with Crippen molar-refractivity contribution < 1.29 is 4.79 Å². The van der Waals surface area contributed by atoms with Gasteiger partial charge in [0.1, 0.15) is 0 Å². The molecule has 1 fully saturated rings. The highest BCUT2D eigenvalue weighted by Gasteiger charge is 2.28. The lowest BCUT2D eigenvalue weighted by Gasteiger charge is -2.24. The van der Waals surface area contributed by atoms with Crippen LogP contribution in [0.5, 0.6) is 0 Å². The minimum atomic E-state index is 0. The molecule has 0 aliphatic carbocycles. The van der Waals surface area contributed by atoms with Crippen LogP contribution in [-0.4, -0.2) is 42.0 Å². The molecule has 1 aliphatic rings. The predicted molar refractivity (Wildman–Crippen MR) is 97.7 cm³/mol. The highest BCUT2D eigenvalue weighted by Crippen LogP contribution is 2.26. The highest BCUT2D eigenvalue weighted by atomic mass is 35.5.